The molecule has 2 rings (SSSR count). The van der Waals surface area contributed by atoms with Crippen LogP contribution >= 0.6 is 31.9 Å². The van der Waals surface area contributed by atoms with Gasteiger partial charge in [0.05, 0.1) is 19.9 Å². The van der Waals surface area contributed by atoms with Crippen LogP contribution in [0.3, 0.4) is 0 Å². The van der Waals surface area contributed by atoms with Crippen molar-refractivity contribution in [3.63, 3.8) is 0 Å². The minimum Gasteiger partial charge on any atom is -0.457 e. The molecular weight excluding hydrogens is 510 g/mol. The molecule has 6 nitrogen and oxygen atoms in total. The second kappa shape index (κ2) is 10.5. The fourth-order valence-corrected chi connectivity index (χ4v) is 4.89. The molecule has 0 spiro atoms. The topological polar surface area (TPSA) is 65.1 Å². The Morgan fingerprint density at radius 3 is 2.04 bits per heavy atom. The van der Waals surface area contributed by atoms with Crippen molar-refractivity contribution in [3.8, 4) is 11.5 Å². The van der Waals surface area contributed by atoms with E-state index in [1.807, 2.05) is 18.2 Å². The van der Waals surface area contributed by atoms with Crippen LogP contribution < -0.4 is 8.45 Å². The van der Waals surface area contributed by atoms with Crippen LogP contribution in [0.25, 0.3) is 0 Å². The van der Waals surface area contributed by atoms with E-state index < -0.39 is 22.5 Å². The monoisotopic (exact) mass is 525 g/mol. The first-order chi connectivity index (χ1) is 12.5. The molecule has 0 aliphatic carbocycles. The van der Waals surface area contributed by atoms with Gasteiger partial charge in [0.2, 0.25) is 0 Å². The van der Waals surface area contributed by atoms with Crippen LogP contribution in [0, 0.1) is 0 Å². The minimum absolute atomic E-state index is 0.410. The lowest BCUT2D eigenvalue weighted by Gasteiger charge is -2.19. The van der Waals surface area contributed by atoms with Crippen LogP contribution in [0.4, 0.5) is 5.69 Å². The van der Waals surface area contributed by atoms with E-state index in [2.05, 4.69) is 31.9 Å². The van der Waals surface area contributed by atoms with Crippen LogP contribution in [0.1, 0.15) is 11.1 Å². The fraction of sp³-hybridized carbons (Fsp3) is 0.250. The van der Waals surface area contributed by atoms with Crippen LogP contribution in [0.2, 0.25) is 0 Å². The standard InChI is InChI=1S/C16H17Br2NO5S2/c1-22-25(20)19(26(21)23-2)13-6-8-14(9-7-13)24-16-5-3-4-12(10-17)15(16)11-18/h3-9H,10-11H2,1-2H3. The van der Waals surface area contributed by atoms with E-state index >= 15 is 0 Å². The molecule has 0 fully saturated rings. The quantitative estimate of drug-likeness (QED) is 0.449. The summed E-state index contributed by atoms with van der Waals surface area (Å²) >= 11 is 3.07. The van der Waals surface area contributed by atoms with E-state index in [-0.39, 0.29) is 0 Å². The summed E-state index contributed by atoms with van der Waals surface area (Å²) in [4.78, 5) is 0. The number of nitrogens with zero attached hydrogens (tertiary/aromatic N) is 1. The highest BCUT2D eigenvalue weighted by molar-refractivity contribution is 9.09. The molecule has 0 aromatic heterocycles. The number of hydrogen-bond acceptors (Lipinski definition) is 5. The van der Waals surface area contributed by atoms with E-state index in [1.165, 1.54) is 14.2 Å². The third-order valence-electron chi connectivity index (χ3n) is 3.34. The van der Waals surface area contributed by atoms with Gasteiger partial charge in [-0.15, -0.1) is 0 Å². The zero-order valence-corrected chi connectivity index (χ0v) is 18.8. The highest BCUT2D eigenvalue weighted by Gasteiger charge is 2.22. The smallest absolute Gasteiger partial charge is 0.278 e. The van der Waals surface area contributed by atoms with E-state index in [0.717, 1.165) is 25.9 Å². The minimum atomic E-state index is -1.94. The lowest BCUT2D eigenvalue weighted by Crippen LogP contribution is -2.29. The maximum Gasteiger partial charge on any atom is 0.278 e. The van der Waals surface area contributed by atoms with Crippen molar-refractivity contribution >= 4 is 60.1 Å². The Morgan fingerprint density at radius 2 is 1.54 bits per heavy atom. The van der Waals surface area contributed by atoms with Crippen LogP contribution in [0.15, 0.2) is 42.5 Å². The molecule has 2 aromatic carbocycles. The van der Waals surface area contributed by atoms with Crippen molar-refractivity contribution in [2.45, 2.75) is 10.7 Å². The number of hydrogen-bond donors (Lipinski definition) is 0. The highest BCUT2D eigenvalue weighted by atomic mass is 79.9. The van der Waals surface area contributed by atoms with Gasteiger partial charge in [-0.05, 0) is 35.9 Å². The molecule has 2 unspecified atom stereocenters. The Labute approximate surface area is 174 Å². The average Bonchev–Trinajstić information content (AvgIpc) is 2.68. The molecule has 0 aliphatic rings. The second-order valence-corrected chi connectivity index (χ2v) is 8.40. The number of benzene rings is 2. The van der Waals surface area contributed by atoms with E-state index in [1.54, 1.807) is 24.3 Å². The summed E-state index contributed by atoms with van der Waals surface area (Å²) in [5.74, 6) is 1.33. The van der Waals surface area contributed by atoms with Crippen molar-refractivity contribution < 1.29 is 21.5 Å². The van der Waals surface area contributed by atoms with Crippen molar-refractivity contribution in [1.29, 1.82) is 0 Å². The summed E-state index contributed by atoms with van der Waals surface area (Å²) in [6.07, 6.45) is 0. The SMILES string of the molecule is COS(=O)N(c1ccc(Oc2cccc(CBr)c2CBr)cc1)S(=O)OC. The molecule has 0 saturated heterocycles. The lowest BCUT2D eigenvalue weighted by atomic mass is 10.1. The van der Waals surface area contributed by atoms with E-state index in [4.69, 9.17) is 13.1 Å². The predicted octanol–water partition coefficient (Wildman–Crippen LogP) is 4.53. The van der Waals surface area contributed by atoms with Gasteiger partial charge in [-0.3, -0.25) is 8.37 Å². The van der Waals surface area contributed by atoms with Gasteiger partial charge in [0, 0.05) is 16.2 Å². The van der Waals surface area contributed by atoms with Gasteiger partial charge >= 0.3 is 0 Å². The van der Waals surface area contributed by atoms with Crippen LogP contribution in [0.5, 0.6) is 11.5 Å². The van der Waals surface area contributed by atoms with Crippen molar-refractivity contribution in [2.24, 2.45) is 0 Å². The molecule has 0 bridgehead atoms. The Balaban J connectivity index is 2.27. The maximum atomic E-state index is 11.9. The zero-order valence-electron chi connectivity index (χ0n) is 14.0. The normalized spacial score (nSPS) is 13.2. The Morgan fingerprint density at radius 1 is 0.923 bits per heavy atom. The number of ether oxygens (including phenoxy) is 1. The molecule has 0 aliphatic heterocycles. The fourth-order valence-electron chi connectivity index (χ4n) is 2.10. The summed E-state index contributed by atoms with van der Waals surface area (Å²) in [7, 11) is 2.51. The van der Waals surface area contributed by atoms with Gasteiger partial charge in [0.1, 0.15) is 11.5 Å². The van der Waals surface area contributed by atoms with Crippen LogP contribution in [-0.2, 0) is 41.6 Å². The highest BCUT2D eigenvalue weighted by Crippen LogP contribution is 2.32. The van der Waals surface area contributed by atoms with Gasteiger partial charge < -0.3 is 4.74 Å². The molecule has 26 heavy (non-hydrogen) atoms. The Kier molecular flexibility index (Phi) is 8.71. The largest absolute Gasteiger partial charge is 0.457 e. The van der Waals surface area contributed by atoms with Gasteiger partial charge in [0.25, 0.3) is 22.5 Å². The van der Waals surface area contributed by atoms with Gasteiger partial charge in [-0.25, -0.2) is 8.42 Å². The summed E-state index contributed by atoms with van der Waals surface area (Å²) in [5, 5.41) is 1.39. The number of rotatable bonds is 9. The molecule has 2 atom stereocenters. The molecule has 142 valence electrons. The Bertz CT molecular complexity index is 773. The first kappa shape index (κ1) is 21.5. The summed E-state index contributed by atoms with van der Waals surface area (Å²) in [6.45, 7) is 0. The average molecular weight is 527 g/mol. The number of alkyl halides is 2. The molecule has 10 heteroatoms. The van der Waals surface area contributed by atoms with Crippen molar-refractivity contribution in [2.75, 3.05) is 17.9 Å². The molecule has 2 aromatic rings. The maximum absolute atomic E-state index is 11.9. The number of anilines is 1. The predicted molar refractivity (Wildman–Crippen MR) is 111 cm³/mol. The third kappa shape index (κ3) is 5.14. The molecule has 0 N–H and O–H groups in total. The summed E-state index contributed by atoms with van der Waals surface area (Å²) in [6, 6.07) is 12.5. The second-order valence-electron chi connectivity index (χ2n) is 4.78. The molecule has 0 amide bonds. The Hall–Kier alpha value is -0.780. The molecule has 0 heterocycles. The van der Waals surface area contributed by atoms with Crippen molar-refractivity contribution in [3.05, 3.63) is 53.6 Å². The van der Waals surface area contributed by atoms with Crippen LogP contribution in [-0.4, -0.2) is 22.6 Å². The van der Waals surface area contributed by atoms with E-state index in [9.17, 15) is 8.42 Å². The van der Waals surface area contributed by atoms with Gasteiger partial charge in [-0.2, -0.15) is 3.71 Å². The van der Waals surface area contributed by atoms with E-state index in [0.29, 0.717) is 16.8 Å². The van der Waals surface area contributed by atoms with Crippen molar-refractivity contribution in [1.82, 2.24) is 0 Å². The summed E-state index contributed by atoms with van der Waals surface area (Å²) in [5.41, 5.74) is 2.59. The summed E-state index contributed by atoms with van der Waals surface area (Å²) < 4.78 is 40.4. The molecular formula is C16H17Br2NO5S2. The van der Waals surface area contributed by atoms with Gasteiger partial charge in [0.15, 0.2) is 0 Å². The number of halogens is 2. The first-order valence-electron chi connectivity index (χ1n) is 7.29. The first-order valence-corrected chi connectivity index (χ1v) is 11.6. The third-order valence-corrected chi connectivity index (χ3v) is 6.77. The lowest BCUT2D eigenvalue weighted by molar-refractivity contribution is 0.434. The zero-order chi connectivity index (χ0) is 19.1. The molecule has 0 radical (unpaired) electrons. The van der Waals surface area contributed by atoms with Gasteiger partial charge in [-0.1, -0.05) is 44.0 Å². The molecule has 0 saturated carbocycles.